The topological polar surface area (TPSA) is 39.3 Å². The van der Waals surface area contributed by atoms with E-state index in [9.17, 15) is 4.79 Å². The molecule has 1 unspecified atom stereocenters. The lowest BCUT2D eigenvalue weighted by Crippen LogP contribution is -2.56. The second-order valence-corrected chi connectivity index (χ2v) is 8.67. The molecule has 3 aliphatic heterocycles. The monoisotopic (exact) mass is 432 g/mol. The van der Waals surface area contributed by atoms with Crippen molar-refractivity contribution >= 4 is 23.2 Å². The Labute approximate surface area is 190 Å². The predicted molar refractivity (Wildman–Crippen MR) is 129 cm³/mol. The Morgan fingerprint density at radius 3 is 2.38 bits per heavy atom. The van der Waals surface area contributed by atoms with Gasteiger partial charge in [-0.05, 0) is 63.1 Å². The van der Waals surface area contributed by atoms with Crippen molar-refractivity contribution in [1.29, 1.82) is 0 Å². The van der Waals surface area contributed by atoms with Crippen LogP contribution in [0.2, 0.25) is 0 Å². The number of fused-ring (bicyclic) bond motifs is 1. The highest BCUT2D eigenvalue weighted by Crippen LogP contribution is 2.34. The lowest BCUT2D eigenvalue weighted by Gasteiger charge is -2.47. The normalized spacial score (nSPS) is 21.2. The average molecular weight is 433 g/mol. The molecule has 32 heavy (non-hydrogen) atoms. The van der Waals surface area contributed by atoms with Gasteiger partial charge in [-0.2, -0.15) is 0 Å². The van der Waals surface area contributed by atoms with Gasteiger partial charge in [0, 0.05) is 55.4 Å². The number of para-hydroxylation sites is 1. The SMILES string of the molecule is CCN(CC)c1ccc(N2C=CC2N2CCC(N3C(=O)OCc4ccccc43)CC2)cc1. The fourth-order valence-electron chi connectivity index (χ4n) is 5.14. The summed E-state index contributed by atoms with van der Waals surface area (Å²) in [5.41, 5.74) is 4.61. The molecule has 1 saturated heterocycles. The molecule has 1 amide bonds. The zero-order valence-electron chi connectivity index (χ0n) is 19.0. The van der Waals surface area contributed by atoms with E-state index in [1.807, 2.05) is 29.2 Å². The summed E-state index contributed by atoms with van der Waals surface area (Å²) < 4.78 is 5.44. The number of carbonyl (C=O) groups excluding carboxylic acids is 1. The summed E-state index contributed by atoms with van der Waals surface area (Å²) in [5.74, 6) is 0. The van der Waals surface area contributed by atoms with Crippen LogP contribution in [0.1, 0.15) is 32.3 Å². The summed E-state index contributed by atoms with van der Waals surface area (Å²) in [6, 6.07) is 17.2. The van der Waals surface area contributed by atoms with Gasteiger partial charge in [-0.15, -0.1) is 0 Å². The molecule has 5 rings (SSSR count). The van der Waals surface area contributed by atoms with Gasteiger partial charge in [-0.25, -0.2) is 4.79 Å². The fraction of sp³-hybridized carbons (Fsp3) is 0.423. The van der Waals surface area contributed by atoms with E-state index in [0.717, 1.165) is 50.3 Å². The highest BCUT2D eigenvalue weighted by atomic mass is 16.6. The molecule has 0 bridgehead atoms. The number of likely N-dealkylation sites (tertiary alicyclic amines) is 1. The molecule has 0 spiro atoms. The fourth-order valence-corrected chi connectivity index (χ4v) is 5.14. The molecule has 6 nitrogen and oxygen atoms in total. The number of piperidine rings is 1. The van der Waals surface area contributed by atoms with Crippen LogP contribution in [0, 0.1) is 0 Å². The minimum atomic E-state index is -0.208. The van der Waals surface area contributed by atoms with Gasteiger partial charge in [0.15, 0.2) is 0 Å². The molecule has 2 aromatic carbocycles. The Bertz CT molecular complexity index is 978. The number of ether oxygens (including phenoxy) is 1. The Morgan fingerprint density at radius 2 is 1.72 bits per heavy atom. The molecular formula is C26H32N4O2. The van der Waals surface area contributed by atoms with Gasteiger partial charge in [-0.3, -0.25) is 9.80 Å². The molecule has 3 heterocycles. The summed E-state index contributed by atoms with van der Waals surface area (Å²) in [4.78, 5) is 21.7. The van der Waals surface area contributed by atoms with E-state index in [2.05, 4.69) is 65.1 Å². The standard InChI is InChI=1S/C26H32N4O2/c1-3-27(4-2)21-9-11-22(12-10-21)29-18-15-25(29)28-16-13-23(14-17-28)30-24-8-6-5-7-20(24)19-32-26(30)31/h5-12,15,18,23,25H,3-4,13-14,16-17,19H2,1-2H3. The first-order valence-electron chi connectivity index (χ1n) is 11.8. The minimum absolute atomic E-state index is 0.186. The number of hydrogen-bond acceptors (Lipinski definition) is 5. The maximum absolute atomic E-state index is 12.6. The van der Waals surface area contributed by atoms with E-state index in [1.165, 1.54) is 11.4 Å². The molecule has 0 aromatic heterocycles. The third-order valence-electron chi connectivity index (χ3n) is 7.02. The van der Waals surface area contributed by atoms with Gasteiger partial charge >= 0.3 is 6.09 Å². The minimum Gasteiger partial charge on any atom is -0.444 e. The summed E-state index contributed by atoms with van der Waals surface area (Å²) in [6.07, 6.45) is 6.41. The molecule has 0 radical (unpaired) electrons. The molecule has 2 aromatic rings. The van der Waals surface area contributed by atoms with E-state index in [4.69, 9.17) is 4.74 Å². The van der Waals surface area contributed by atoms with E-state index < -0.39 is 0 Å². The number of amides is 1. The number of hydrogen-bond donors (Lipinski definition) is 0. The van der Waals surface area contributed by atoms with Gasteiger partial charge in [-0.1, -0.05) is 18.2 Å². The van der Waals surface area contributed by atoms with Crippen molar-refractivity contribution in [3.8, 4) is 0 Å². The first-order chi connectivity index (χ1) is 15.7. The molecule has 0 N–H and O–H groups in total. The lowest BCUT2D eigenvalue weighted by atomic mass is 9.99. The van der Waals surface area contributed by atoms with Crippen molar-refractivity contribution in [3.05, 3.63) is 66.4 Å². The van der Waals surface area contributed by atoms with E-state index in [1.54, 1.807) is 0 Å². The second-order valence-electron chi connectivity index (χ2n) is 8.67. The van der Waals surface area contributed by atoms with Crippen LogP contribution in [0.3, 0.4) is 0 Å². The number of cyclic esters (lactones) is 1. The van der Waals surface area contributed by atoms with Crippen molar-refractivity contribution in [3.63, 3.8) is 0 Å². The second kappa shape index (κ2) is 8.87. The molecule has 1 fully saturated rings. The maximum atomic E-state index is 12.6. The number of rotatable bonds is 6. The molecular weight excluding hydrogens is 400 g/mol. The average Bonchev–Trinajstić information content (AvgIpc) is 2.81. The van der Waals surface area contributed by atoms with Gasteiger partial charge in [0.05, 0.1) is 5.69 Å². The number of nitrogens with zero attached hydrogens (tertiary/aromatic N) is 4. The van der Waals surface area contributed by atoms with E-state index in [0.29, 0.717) is 6.61 Å². The van der Waals surface area contributed by atoms with Crippen LogP contribution in [-0.4, -0.2) is 49.4 Å². The maximum Gasteiger partial charge on any atom is 0.414 e. The van der Waals surface area contributed by atoms with Crippen LogP contribution >= 0.6 is 0 Å². The first-order valence-corrected chi connectivity index (χ1v) is 11.8. The summed E-state index contributed by atoms with van der Waals surface area (Å²) in [5, 5.41) is 0. The van der Waals surface area contributed by atoms with Crippen molar-refractivity contribution in [2.75, 3.05) is 40.9 Å². The van der Waals surface area contributed by atoms with E-state index >= 15 is 0 Å². The Hall–Kier alpha value is -2.99. The molecule has 168 valence electrons. The summed E-state index contributed by atoms with van der Waals surface area (Å²) in [7, 11) is 0. The van der Waals surface area contributed by atoms with Crippen molar-refractivity contribution in [2.45, 2.75) is 45.5 Å². The summed E-state index contributed by atoms with van der Waals surface area (Å²) >= 11 is 0. The third kappa shape index (κ3) is 3.73. The molecule has 6 heteroatoms. The lowest BCUT2D eigenvalue weighted by molar-refractivity contribution is 0.127. The molecule has 3 aliphatic rings. The summed E-state index contributed by atoms with van der Waals surface area (Å²) in [6.45, 7) is 8.71. The van der Waals surface area contributed by atoms with E-state index in [-0.39, 0.29) is 18.3 Å². The first kappa shape index (κ1) is 20.9. The van der Waals surface area contributed by atoms with Crippen molar-refractivity contribution < 1.29 is 9.53 Å². The van der Waals surface area contributed by atoms with Gasteiger partial charge in [0.2, 0.25) is 0 Å². The number of benzene rings is 2. The highest BCUT2D eigenvalue weighted by molar-refractivity contribution is 5.91. The third-order valence-corrected chi connectivity index (χ3v) is 7.02. The number of carbonyl (C=O) groups is 1. The Morgan fingerprint density at radius 1 is 1.00 bits per heavy atom. The van der Waals surface area contributed by atoms with Gasteiger partial charge in [0.1, 0.15) is 12.8 Å². The quantitative estimate of drug-likeness (QED) is 0.655. The van der Waals surface area contributed by atoms with Crippen LogP contribution in [0.25, 0.3) is 0 Å². The van der Waals surface area contributed by atoms with Crippen LogP contribution in [-0.2, 0) is 11.3 Å². The van der Waals surface area contributed by atoms with Crippen LogP contribution in [0.5, 0.6) is 0 Å². The van der Waals surface area contributed by atoms with Crippen LogP contribution in [0.15, 0.2) is 60.8 Å². The smallest absolute Gasteiger partial charge is 0.414 e. The zero-order valence-corrected chi connectivity index (χ0v) is 19.0. The predicted octanol–water partition coefficient (Wildman–Crippen LogP) is 4.81. The van der Waals surface area contributed by atoms with Gasteiger partial charge in [0.25, 0.3) is 0 Å². The van der Waals surface area contributed by atoms with Crippen molar-refractivity contribution in [1.82, 2.24) is 4.90 Å². The molecule has 0 aliphatic carbocycles. The Balaban J connectivity index is 1.23. The number of anilines is 3. The zero-order chi connectivity index (χ0) is 22.1. The largest absolute Gasteiger partial charge is 0.444 e. The van der Waals surface area contributed by atoms with Gasteiger partial charge < -0.3 is 14.5 Å². The molecule has 1 atom stereocenters. The van der Waals surface area contributed by atoms with Crippen LogP contribution in [0.4, 0.5) is 21.9 Å². The van der Waals surface area contributed by atoms with Crippen molar-refractivity contribution in [2.24, 2.45) is 0 Å². The molecule has 0 saturated carbocycles. The Kier molecular flexibility index (Phi) is 5.79. The van der Waals surface area contributed by atoms with Crippen LogP contribution < -0.4 is 14.7 Å². The highest BCUT2D eigenvalue weighted by Gasteiger charge is 2.37.